The highest BCUT2D eigenvalue weighted by atomic mass is 35.5. The molecule has 0 saturated carbocycles. The fraction of sp³-hybridized carbons (Fsp3) is 0.359. The third-order valence-electron chi connectivity index (χ3n) is 10.8. The Labute approximate surface area is 314 Å². The molecular formula is C39H45Cl2N9O2. The van der Waals surface area contributed by atoms with Crippen molar-refractivity contribution in [1.29, 1.82) is 0 Å². The predicted molar refractivity (Wildman–Crippen MR) is 211 cm³/mol. The van der Waals surface area contributed by atoms with Crippen molar-refractivity contribution in [3.05, 3.63) is 92.3 Å². The third-order valence-corrected chi connectivity index (χ3v) is 11.7. The van der Waals surface area contributed by atoms with Gasteiger partial charge < -0.3 is 24.8 Å². The van der Waals surface area contributed by atoms with Crippen LogP contribution >= 0.6 is 23.2 Å². The zero-order valence-electron chi connectivity index (χ0n) is 30.6. The van der Waals surface area contributed by atoms with Crippen LogP contribution in [0.5, 0.6) is 5.75 Å². The van der Waals surface area contributed by atoms with Gasteiger partial charge in [0.1, 0.15) is 11.8 Å². The van der Waals surface area contributed by atoms with Gasteiger partial charge in [-0.05, 0) is 101 Å². The van der Waals surface area contributed by atoms with Crippen LogP contribution in [0.3, 0.4) is 0 Å². The van der Waals surface area contributed by atoms with E-state index >= 15 is 4.79 Å². The summed E-state index contributed by atoms with van der Waals surface area (Å²) in [6, 6.07) is 13.4. The number of hydrazine groups is 1. The van der Waals surface area contributed by atoms with Gasteiger partial charge in [-0.1, -0.05) is 29.3 Å². The van der Waals surface area contributed by atoms with E-state index in [0.717, 1.165) is 85.1 Å². The lowest BCUT2D eigenvalue weighted by Gasteiger charge is -2.44. The normalized spacial score (nSPS) is 18.7. The second kappa shape index (κ2) is 13.7. The summed E-state index contributed by atoms with van der Waals surface area (Å²) in [5.41, 5.74) is 19.0. The first-order valence-corrected chi connectivity index (χ1v) is 18.3. The minimum atomic E-state index is -0.459. The van der Waals surface area contributed by atoms with E-state index in [2.05, 4.69) is 35.4 Å². The van der Waals surface area contributed by atoms with E-state index < -0.39 is 6.04 Å². The minimum absolute atomic E-state index is 0.0361. The standard InChI is InChI=1S/C39H45Cl2N9O2/c1-20-15-26(16-21(2)35(20)41)52-14-8-9-27-28-11-12-30(40)34(33-23(4)45-48(7)24(33)5)36(28)50-22(3)18-49(39(51)37(27)50)32-19-47(6)31-13-10-25(17-29(31)32)38(42)44-46-43/h10-13,15-17,19,22,27,37,46H,8-9,14,18,43H2,1-7H3,(H2,42,44)/t22-,27?,37?/m1/s1. The lowest BCUT2D eigenvalue weighted by atomic mass is 9.87. The molecule has 0 radical (unpaired) electrons. The summed E-state index contributed by atoms with van der Waals surface area (Å²) >= 11 is 13.5. The number of fused-ring (bicyclic) bond motifs is 4. The van der Waals surface area contributed by atoms with E-state index in [4.69, 9.17) is 44.6 Å². The minimum Gasteiger partial charge on any atom is -0.494 e. The number of hydrogen-bond donors (Lipinski definition) is 3. The van der Waals surface area contributed by atoms with Crippen LogP contribution < -0.4 is 31.6 Å². The van der Waals surface area contributed by atoms with E-state index in [1.54, 1.807) is 0 Å². The number of rotatable bonds is 9. The maximum absolute atomic E-state index is 15.1. The molecule has 0 bridgehead atoms. The largest absolute Gasteiger partial charge is 0.494 e. The molecule has 5 aromatic rings. The summed E-state index contributed by atoms with van der Waals surface area (Å²) in [6.45, 7) is 11.2. The van der Waals surface area contributed by atoms with Gasteiger partial charge in [-0.3, -0.25) is 9.48 Å². The monoisotopic (exact) mass is 741 g/mol. The number of nitrogens with one attached hydrogen (secondary N) is 1. The molecule has 2 aliphatic heterocycles. The molecule has 1 fully saturated rings. The maximum Gasteiger partial charge on any atom is 0.250 e. The lowest BCUT2D eigenvalue weighted by molar-refractivity contribution is -0.121. The summed E-state index contributed by atoms with van der Waals surface area (Å²) in [4.78, 5) is 19.4. The van der Waals surface area contributed by atoms with Gasteiger partial charge in [-0.15, -0.1) is 5.10 Å². The van der Waals surface area contributed by atoms with Crippen LogP contribution in [0.2, 0.25) is 10.0 Å². The number of nitrogens with zero attached hydrogens (tertiary/aromatic N) is 6. The van der Waals surface area contributed by atoms with Gasteiger partial charge in [0.15, 0.2) is 5.84 Å². The molecule has 0 spiro atoms. The topological polar surface area (TPSA) is 132 Å². The average molecular weight is 743 g/mol. The second-order valence-electron chi connectivity index (χ2n) is 14.1. The number of halogens is 2. The van der Waals surface area contributed by atoms with Crippen LogP contribution in [-0.4, -0.2) is 51.3 Å². The molecule has 2 unspecified atom stereocenters. The quantitative estimate of drug-likeness (QED) is 0.0500. The van der Waals surface area contributed by atoms with Crippen LogP contribution in [-0.2, 0) is 18.9 Å². The zero-order chi connectivity index (χ0) is 37.2. The maximum atomic E-state index is 15.1. The lowest BCUT2D eigenvalue weighted by Crippen LogP contribution is -2.61. The highest BCUT2D eigenvalue weighted by Crippen LogP contribution is 2.54. The van der Waals surface area contributed by atoms with Crippen LogP contribution in [0.4, 0.5) is 11.4 Å². The summed E-state index contributed by atoms with van der Waals surface area (Å²) in [5.74, 6) is 6.40. The summed E-state index contributed by atoms with van der Waals surface area (Å²) in [7, 11) is 3.93. The van der Waals surface area contributed by atoms with Crippen molar-refractivity contribution in [2.24, 2.45) is 30.8 Å². The van der Waals surface area contributed by atoms with Crippen LogP contribution in [0, 0.1) is 27.7 Å². The van der Waals surface area contributed by atoms with Crippen molar-refractivity contribution in [3.63, 3.8) is 0 Å². The number of benzene rings is 3. The summed E-state index contributed by atoms with van der Waals surface area (Å²) in [6.07, 6.45) is 3.50. The number of nitrogens with two attached hydrogens (primary N) is 2. The molecular weight excluding hydrogens is 697 g/mol. The molecule has 11 nitrogen and oxygen atoms in total. The van der Waals surface area contributed by atoms with Gasteiger partial charge in [0.25, 0.3) is 0 Å². The molecule has 13 heteroatoms. The molecule has 52 heavy (non-hydrogen) atoms. The number of hydrogen-bond acceptors (Lipinski definition) is 7. The second-order valence-corrected chi connectivity index (χ2v) is 14.9. The molecule has 5 N–H and O–H groups in total. The zero-order valence-corrected chi connectivity index (χ0v) is 32.1. The number of ether oxygens (including phenoxy) is 1. The number of carbonyl (C=O) groups excluding carboxylic acids is 1. The van der Waals surface area contributed by atoms with Crippen LogP contribution in [0.25, 0.3) is 22.0 Å². The Morgan fingerprint density at radius 1 is 1.06 bits per heavy atom. The van der Waals surface area contributed by atoms with Crippen LogP contribution in [0.15, 0.2) is 53.8 Å². The average Bonchev–Trinajstić information content (AvgIpc) is 3.71. The number of amidine groups is 1. The van der Waals surface area contributed by atoms with Gasteiger partial charge in [-0.2, -0.15) is 5.10 Å². The van der Waals surface area contributed by atoms with Gasteiger partial charge in [0.05, 0.1) is 28.7 Å². The van der Waals surface area contributed by atoms with Crippen LogP contribution in [0.1, 0.15) is 59.3 Å². The number of amides is 1. The molecule has 1 saturated heterocycles. The van der Waals surface area contributed by atoms with Crippen molar-refractivity contribution in [2.75, 3.05) is 23.0 Å². The Morgan fingerprint density at radius 3 is 2.46 bits per heavy atom. The van der Waals surface area contributed by atoms with Crippen molar-refractivity contribution in [3.8, 4) is 16.9 Å². The molecule has 2 aliphatic rings. The molecule has 3 aromatic carbocycles. The smallest absolute Gasteiger partial charge is 0.250 e. The fourth-order valence-electron chi connectivity index (χ4n) is 8.32. The van der Waals surface area contributed by atoms with Gasteiger partial charge >= 0.3 is 0 Å². The van der Waals surface area contributed by atoms with E-state index in [1.807, 2.05) is 91.6 Å². The molecule has 3 atom stereocenters. The molecule has 1 amide bonds. The number of carbonyl (C=O) groups is 1. The Morgan fingerprint density at radius 2 is 1.79 bits per heavy atom. The van der Waals surface area contributed by atoms with Crippen molar-refractivity contribution in [1.82, 2.24) is 19.9 Å². The Hall–Kier alpha value is -4.71. The first kappa shape index (κ1) is 35.7. The van der Waals surface area contributed by atoms with Gasteiger partial charge in [0.2, 0.25) is 5.91 Å². The van der Waals surface area contributed by atoms with Gasteiger partial charge in [-0.25, -0.2) is 11.4 Å². The van der Waals surface area contributed by atoms with E-state index in [-0.39, 0.29) is 23.7 Å². The summed E-state index contributed by atoms with van der Waals surface area (Å²) < 4.78 is 10.2. The van der Waals surface area contributed by atoms with E-state index in [9.17, 15) is 0 Å². The molecule has 2 aromatic heterocycles. The van der Waals surface area contributed by atoms with Gasteiger partial charge in [0, 0.05) is 77.1 Å². The number of piperazine rings is 1. The Kier molecular flexibility index (Phi) is 9.39. The predicted octanol–water partition coefficient (Wildman–Crippen LogP) is 6.77. The summed E-state index contributed by atoms with van der Waals surface area (Å²) in [5, 5.41) is 11.0. The molecule has 4 heterocycles. The molecule has 272 valence electrons. The number of anilines is 2. The Balaban J connectivity index is 1.30. The number of aromatic nitrogens is 3. The Bertz CT molecular complexity index is 2230. The SMILES string of the molecule is Cc1cc(OCCCC2c3ccc(Cl)c(-c4c(C)nn(C)c4C)c3N3C2C(=O)N(c2cn(C)c4ccc(/C(N)=N/NN)cc24)C[C@H]3C)cc(C)c1Cl. The van der Waals surface area contributed by atoms with E-state index in [0.29, 0.717) is 23.7 Å². The van der Waals surface area contributed by atoms with E-state index in [1.165, 1.54) is 0 Å². The fourth-order valence-corrected chi connectivity index (χ4v) is 8.67. The van der Waals surface area contributed by atoms with Crippen molar-refractivity contribution < 1.29 is 9.53 Å². The van der Waals surface area contributed by atoms with Crippen molar-refractivity contribution in [2.45, 2.75) is 65.5 Å². The highest BCUT2D eigenvalue weighted by molar-refractivity contribution is 6.34. The van der Waals surface area contributed by atoms with Crippen molar-refractivity contribution >= 4 is 57.2 Å². The highest BCUT2D eigenvalue weighted by Gasteiger charge is 2.51. The molecule has 7 rings (SSSR count). The first-order chi connectivity index (χ1) is 24.8. The third kappa shape index (κ3) is 5.84. The first-order valence-electron chi connectivity index (χ1n) is 17.5. The molecule has 0 aliphatic carbocycles. The number of aryl methyl sites for hydroxylation is 5. The number of hydrazone groups is 1.